The Hall–Kier alpha value is -2.22. The Bertz CT molecular complexity index is 1010. The number of rotatable bonds is 7. The Kier molecular flexibility index (Phi) is 7.37. The van der Waals surface area contributed by atoms with Gasteiger partial charge in [0.1, 0.15) is 5.75 Å². The third kappa shape index (κ3) is 5.73. The van der Waals surface area contributed by atoms with Gasteiger partial charge in [-0.15, -0.1) is 0 Å². The molecule has 162 valence electrons. The van der Waals surface area contributed by atoms with Gasteiger partial charge in [-0.05, 0) is 84.7 Å². The van der Waals surface area contributed by atoms with Crippen LogP contribution in [0.3, 0.4) is 0 Å². The highest BCUT2D eigenvalue weighted by Crippen LogP contribution is 2.35. The van der Waals surface area contributed by atoms with Gasteiger partial charge in [-0.2, -0.15) is 4.37 Å². The lowest BCUT2D eigenvalue weighted by Gasteiger charge is -2.22. The standard InChI is InChI=1S/C24H25BrN2O3S/c1-16-23(27-31-24(16)19-2-6-20(25)7-3-19)18-4-8-21(9-5-18)30-15-22(28)26-14-17-10-12-29-13-11-17/h2-9,17H,10-15H2,1H3,(H,26,28). The van der Waals surface area contributed by atoms with Crippen molar-refractivity contribution in [3.8, 4) is 27.4 Å². The van der Waals surface area contributed by atoms with Gasteiger partial charge in [-0.1, -0.05) is 28.1 Å². The predicted molar refractivity (Wildman–Crippen MR) is 127 cm³/mol. The number of hydrogen-bond donors (Lipinski definition) is 1. The van der Waals surface area contributed by atoms with Crippen molar-refractivity contribution in [2.75, 3.05) is 26.4 Å². The summed E-state index contributed by atoms with van der Waals surface area (Å²) in [5.41, 5.74) is 4.33. The van der Waals surface area contributed by atoms with Crippen LogP contribution in [0, 0.1) is 12.8 Å². The Labute approximate surface area is 195 Å². The molecule has 2 heterocycles. The average Bonchev–Trinajstić information content (AvgIpc) is 3.19. The van der Waals surface area contributed by atoms with Crippen LogP contribution in [0.2, 0.25) is 0 Å². The summed E-state index contributed by atoms with van der Waals surface area (Å²) < 4.78 is 16.7. The van der Waals surface area contributed by atoms with Crippen LogP contribution in [-0.2, 0) is 9.53 Å². The number of benzene rings is 2. The second-order valence-electron chi connectivity index (χ2n) is 7.67. The molecule has 1 aromatic heterocycles. The maximum absolute atomic E-state index is 12.1. The third-order valence-corrected chi connectivity index (χ3v) is 6.98. The molecular weight excluding hydrogens is 476 g/mol. The van der Waals surface area contributed by atoms with Gasteiger partial charge in [0.2, 0.25) is 0 Å². The predicted octanol–water partition coefficient (Wildman–Crippen LogP) is 5.47. The molecule has 0 unspecified atom stereocenters. The van der Waals surface area contributed by atoms with Crippen molar-refractivity contribution in [1.29, 1.82) is 0 Å². The average molecular weight is 501 g/mol. The fourth-order valence-corrected chi connectivity index (χ4v) is 4.76. The molecule has 1 aliphatic heterocycles. The number of carbonyl (C=O) groups is 1. The molecule has 0 saturated carbocycles. The van der Waals surface area contributed by atoms with E-state index >= 15 is 0 Å². The van der Waals surface area contributed by atoms with Crippen molar-refractivity contribution in [2.45, 2.75) is 19.8 Å². The van der Waals surface area contributed by atoms with Crippen LogP contribution in [0.5, 0.6) is 5.75 Å². The van der Waals surface area contributed by atoms with E-state index in [1.165, 1.54) is 16.4 Å². The number of amides is 1. The molecular formula is C24H25BrN2O3S. The number of nitrogens with one attached hydrogen (secondary N) is 1. The van der Waals surface area contributed by atoms with Crippen molar-refractivity contribution >= 4 is 33.4 Å². The smallest absolute Gasteiger partial charge is 0.257 e. The van der Waals surface area contributed by atoms with Crippen LogP contribution in [0.25, 0.3) is 21.7 Å². The lowest BCUT2D eigenvalue weighted by molar-refractivity contribution is -0.123. The lowest BCUT2D eigenvalue weighted by atomic mass is 10.0. The SMILES string of the molecule is Cc1c(-c2ccc(OCC(=O)NCC3CCOCC3)cc2)nsc1-c1ccc(Br)cc1. The number of ether oxygens (including phenoxy) is 2. The summed E-state index contributed by atoms with van der Waals surface area (Å²) in [5, 5.41) is 2.96. The quantitative estimate of drug-likeness (QED) is 0.467. The van der Waals surface area contributed by atoms with Crippen LogP contribution < -0.4 is 10.1 Å². The minimum atomic E-state index is -0.0925. The van der Waals surface area contributed by atoms with Crippen LogP contribution in [0.15, 0.2) is 53.0 Å². The Morgan fingerprint density at radius 3 is 2.52 bits per heavy atom. The molecule has 31 heavy (non-hydrogen) atoms. The van der Waals surface area contributed by atoms with Gasteiger partial charge in [0.05, 0.1) is 10.6 Å². The van der Waals surface area contributed by atoms with E-state index in [1.54, 1.807) is 0 Å². The first-order valence-electron chi connectivity index (χ1n) is 10.4. The van der Waals surface area contributed by atoms with Gasteiger partial charge < -0.3 is 14.8 Å². The van der Waals surface area contributed by atoms with Crippen molar-refractivity contribution in [1.82, 2.24) is 9.69 Å². The molecule has 1 saturated heterocycles. The van der Waals surface area contributed by atoms with Gasteiger partial charge in [0.25, 0.3) is 5.91 Å². The van der Waals surface area contributed by atoms with E-state index in [2.05, 4.69) is 44.7 Å². The third-order valence-electron chi connectivity index (χ3n) is 5.46. The Balaban J connectivity index is 1.33. The number of halogens is 1. The Morgan fingerprint density at radius 1 is 1.13 bits per heavy atom. The molecule has 1 amide bonds. The minimum absolute atomic E-state index is 0.0199. The molecule has 2 aromatic carbocycles. The van der Waals surface area contributed by atoms with E-state index < -0.39 is 0 Å². The molecule has 4 rings (SSSR count). The lowest BCUT2D eigenvalue weighted by Crippen LogP contribution is -2.35. The fraction of sp³-hybridized carbons (Fsp3) is 0.333. The summed E-state index contributed by atoms with van der Waals surface area (Å²) in [6.45, 7) is 4.38. The first-order chi connectivity index (χ1) is 15.1. The van der Waals surface area contributed by atoms with Crippen molar-refractivity contribution in [2.24, 2.45) is 5.92 Å². The zero-order valence-electron chi connectivity index (χ0n) is 17.4. The van der Waals surface area contributed by atoms with Gasteiger partial charge in [-0.25, -0.2) is 0 Å². The fourth-order valence-electron chi connectivity index (χ4n) is 3.59. The van der Waals surface area contributed by atoms with Gasteiger partial charge in [-0.3, -0.25) is 4.79 Å². The summed E-state index contributed by atoms with van der Waals surface area (Å²) >= 11 is 4.99. The molecule has 0 aliphatic carbocycles. The molecule has 1 N–H and O–H groups in total. The highest BCUT2D eigenvalue weighted by Gasteiger charge is 2.15. The van der Waals surface area contributed by atoms with E-state index in [0.717, 1.165) is 52.9 Å². The van der Waals surface area contributed by atoms with E-state index in [1.807, 2.05) is 36.4 Å². The van der Waals surface area contributed by atoms with Crippen molar-refractivity contribution in [3.63, 3.8) is 0 Å². The number of nitrogens with zero attached hydrogens (tertiary/aromatic N) is 1. The maximum atomic E-state index is 12.1. The van der Waals surface area contributed by atoms with Crippen LogP contribution >= 0.6 is 27.5 Å². The first-order valence-corrected chi connectivity index (χ1v) is 12.0. The van der Waals surface area contributed by atoms with Crippen LogP contribution in [0.1, 0.15) is 18.4 Å². The number of aromatic nitrogens is 1. The van der Waals surface area contributed by atoms with E-state index in [4.69, 9.17) is 9.47 Å². The Morgan fingerprint density at radius 2 is 1.81 bits per heavy atom. The molecule has 0 spiro atoms. The minimum Gasteiger partial charge on any atom is -0.484 e. The summed E-state index contributed by atoms with van der Waals surface area (Å²) in [4.78, 5) is 13.2. The van der Waals surface area contributed by atoms with Gasteiger partial charge in [0.15, 0.2) is 6.61 Å². The number of carbonyl (C=O) groups excluding carboxylic acids is 1. The van der Waals surface area contributed by atoms with Gasteiger partial charge in [0, 0.05) is 29.8 Å². The summed E-state index contributed by atoms with van der Waals surface area (Å²) in [6.07, 6.45) is 2.00. The maximum Gasteiger partial charge on any atom is 0.257 e. The van der Waals surface area contributed by atoms with Crippen molar-refractivity contribution in [3.05, 3.63) is 58.6 Å². The second kappa shape index (κ2) is 10.4. The van der Waals surface area contributed by atoms with Crippen molar-refractivity contribution < 1.29 is 14.3 Å². The topological polar surface area (TPSA) is 60.5 Å². The second-order valence-corrected chi connectivity index (χ2v) is 9.35. The zero-order chi connectivity index (χ0) is 21.6. The van der Waals surface area contributed by atoms with E-state index in [9.17, 15) is 4.79 Å². The summed E-state index contributed by atoms with van der Waals surface area (Å²) in [5.74, 6) is 1.08. The molecule has 0 atom stereocenters. The van der Waals surface area contributed by atoms with Crippen LogP contribution in [0.4, 0.5) is 0 Å². The highest BCUT2D eigenvalue weighted by molar-refractivity contribution is 9.10. The molecule has 7 heteroatoms. The number of hydrogen-bond acceptors (Lipinski definition) is 5. The highest BCUT2D eigenvalue weighted by atomic mass is 79.9. The largest absolute Gasteiger partial charge is 0.484 e. The molecule has 0 bridgehead atoms. The molecule has 1 fully saturated rings. The molecule has 3 aromatic rings. The summed E-state index contributed by atoms with van der Waals surface area (Å²) in [7, 11) is 0. The normalized spacial score (nSPS) is 14.4. The molecule has 0 radical (unpaired) electrons. The molecule has 1 aliphatic rings. The van der Waals surface area contributed by atoms with Crippen LogP contribution in [-0.4, -0.2) is 36.6 Å². The zero-order valence-corrected chi connectivity index (χ0v) is 19.8. The first kappa shape index (κ1) is 22.0. The van der Waals surface area contributed by atoms with E-state index in [0.29, 0.717) is 18.2 Å². The van der Waals surface area contributed by atoms with Gasteiger partial charge >= 0.3 is 0 Å². The molecule has 5 nitrogen and oxygen atoms in total. The summed E-state index contributed by atoms with van der Waals surface area (Å²) in [6, 6.07) is 16.0. The van der Waals surface area contributed by atoms with E-state index in [-0.39, 0.29) is 12.5 Å². The monoisotopic (exact) mass is 500 g/mol.